The van der Waals surface area contributed by atoms with Crippen LogP contribution in [0.15, 0.2) is 29.4 Å². The maximum atomic E-state index is 13.3. The van der Waals surface area contributed by atoms with Gasteiger partial charge < -0.3 is 9.05 Å². The maximum Gasteiger partial charge on any atom is 0.343 e. The minimum atomic E-state index is -3.15. The highest BCUT2D eigenvalue weighted by Crippen LogP contribution is 2.61. The lowest BCUT2D eigenvalue weighted by Crippen LogP contribution is -2.17. The maximum absolute atomic E-state index is 13.3. The molecule has 0 saturated heterocycles. The number of rotatable bonds is 9. The van der Waals surface area contributed by atoms with Gasteiger partial charge in [0.15, 0.2) is 0 Å². The van der Waals surface area contributed by atoms with Gasteiger partial charge in [-0.25, -0.2) is 4.98 Å². The zero-order valence-corrected chi connectivity index (χ0v) is 16.0. The van der Waals surface area contributed by atoms with Gasteiger partial charge in [0, 0.05) is 6.20 Å². The molecular formula is C17H28NO3PS. The van der Waals surface area contributed by atoms with Crippen molar-refractivity contribution in [2.24, 2.45) is 11.8 Å². The minimum Gasteiger partial charge on any atom is -0.308 e. The van der Waals surface area contributed by atoms with Crippen molar-refractivity contribution in [1.29, 1.82) is 0 Å². The lowest BCUT2D eigenvalue weighted by molar-refractivity contribution is 0.214. The zero-order chi connectivity index (χ0) is 16.7. The molecule has 0 aromatic carbocycles. The van der Waals surface area contributed by atoms with Gasteiger partial charge in [0.25, 0.3) is 0 Å². The van der Waals surface area contributed by atoms with Crippen LogP contribution in [0.5, 0.6) is 0 Å². The van der Waals surface area contributed by atoms with Crippen LogP contribution in [-0.4, -0.2) is 23.2 Å². The molecule has 1 saturated carbocycles. The molecule has 1 aliphatic rings. The van der Waals surface area contributed by atoms with E-state index in [2.05, 4.69) is 11.9 Å². The number of nitrogens with zero attached hydrogens (tertiary/aromatic N) is 1. The van der Waals surface area contributed by atoms with E-state index in [-0.39, 0.29) is 4.99 Å². The summed E-state index contributed by atoms with van der Waals surface area (Å²) in [5.74, 6) is 1.27. The molecular weight excluding hydrogens is 329 g/mol. The lowest BCUT2D eigenvalue weighted by Gasteiger charge is -2.28. The smallest absolute Gasteiger partial charge is 0.308 e. The molecule has 130 valence electrons. The summed E-state index contributed by atoms with van der Waals surface area (Å²) in [5.41, 5.74) is 0. The largest absolute Gasteiger partial charge is 0.343 e. The molecule has 0 spiro atoms. The van der Waals surface area contributed by atoms with Gasteiger partial charge in [-0.3, -0.25) is 4.57 Å². The topological polar surface area (TPSA) is 48.4 Å². The Kier molecular flexibility index (Phi) is 7.61. The van der Waals surface area contributed by atoms with Crippen LogP contribution in [0.3, 0.4) is 0 Å². The Hall–Kier alpha value is -0.350. The average Bonchev–Trinajstić information content (AvgIpc) is 2.93. The monoisotopic (exact) mass is 357 g/mol. The van der Waals surface area contributed by atoms with E-state index in [0.29, 0.717) is 25.0 Å². The summed E-state index contributed by atoms with van der Waals surface area (Å²) in [7, 11) is -3.15. The quantitative estimate of drug-likeness (QED) is 0.426. The van der Waals surface area contributed by atoms with Gasteiger partial charge in [-0.05, 0) is 44.2 Å². The van der Waals surface area contributed by atoms with Gasteiger partial charge in [-0.15, -0.1) is 0 Å². The van der Waals surface area contributed by atoms with E-state index < -0.39 is 7.60 Å². The predicted octanol–water partition coefficient (Wildman–Crippen LogP) is 5.59. The molecule has 0 N–H and O–H groups in total. The van der Waals surface area contributed by atoms with Crippen molar-refractivity contribution in [1.82, 2.24) is 4.98 Å². The number of pyridine rings is 1. The molecule has 0 aliphatic heterocycles. The summed E-state index contributed by atoms with van der Waals surface area (Å²) in [6, 6.07) is 5.80. The molecule has 1 heterocycles. The first-order valence-electron chi connectivity index (χ1n) is 8.55. The van der Waals surface area contributed by atoms with Gasteiger partial charge in [-0.1, -0.05) is 44.0 Å². The van der Waals surface area contributed by atoms with E-state index in [9.17, 15) is 4.57 Å². The van der Waals surface area contributed by atoms with Crippen LogP contribution in [0.1, 0.15) is 46.5 Å². The molecule has 2 rings (SSSR count). The Morgan fingerprint density at radius 1 is 1.30 bits per heavy atom. The second kappa shape index (κ2) is 9.22. The predicted molar refractivity (Wildman–Crippen MR) is 95.9 cm³/mol. The first-order valence-corrected chi connectivity index (χ1v) is 11.0. The molecule has 4 nitrogen and oxygen atoms in total. The highest BCUT2D eigenvalue weighted by atomic mass is 32.2. The Bertz CT molecular complexity index is 504. The third-order valence-corrected chi connectivity index (χ3v) is 8.60. The van der Waals surface area contributed by atoms with Crippen molar-refractivity contribution in [2.45, 2.75) is 56.5 Å². The number of thioether (sulfide) groups is 1. The van der Waals surface area contributed by atoms with Crippen molar-refractivity contribution >= 4 is 19.4 Å². The Balaban J connectivity index is 2.19. The van der Waals surface area contributed by atoms with Crippen molar-refractivity contribution in [3.8, 4) is 0 Å². The summed E-state index contributed by atoms with van der Waals surface area (Å²) >= 11 is 1.54. The van der Waals surface area contributed by atoms with Crippen LogP contribution in [-0.2, 0) is 13.6 Å². The zero-order valence-electron chi connectivity index (χ0n) is 14.3. The third-order valence-electron chi connectivity index (χ3n) is 4.41. The summed E-state index contributed by atoms with van der Waals surface area (Å²) in [5, 5.41) is 0.878. The van der Waals surface area contributed by atoms with Crippen molar-refractivity contribution in [2.75, 3.05) is 13.2 Å². The second-order valence-electron chi connectivity index (χ2n) is 6.02. The van der Waals surface area contributed by atoms with Gasteiger partial charge in [-0.2, -0.15) is 0 Å². The average molecular weight is 357 g/mol. The lowest BCUT2D eigenvalue weighted by atomic mass is 9.96. The highest BCUT2D eigenvalue weighted by molar-refractivity contribution is 8.05. The fraction of sp³-hybridized carbons (Fsp3) is 0.706. The third kappa shape index (κ3) is 5.32. The molecule has 1 unspecified atom stereocenters. The number of aromatic nitrogens is 1. The minimum absolute atomic E-state index is 0.192. The summed E-state index contributed by atoms with van der Waals surface area (Å²) < 4.78 is 24.6. The van der Waals surface area contributed by atoms with E-state index >= 15 is 0 Å². The van der Waals surface area contributed by atoms with Crippen LogP contribution < -0.4 is 0 Å². The first-order chi connectivity index (χ1) is 11.1. The Morgan fingerprint density at radius 2 is 2.04 bits per heavy atom. The van der Waals surface area contributed by atoms with Crippen LogP contribution >= 0.6 is 19.4 Å². The van der Waals surface area contributed by atoms with Gasteiger partial charge >= 0.3 is 7.60 Å². The molecule has 6 heteroatoms. The van der Waals surface area contributed by atoms with Crippen LogP contribution in [0, 0.1) is 11.8 Å². The van der Waals surface area contributed by atoms with Gasteiger partial charge in [0.05, 0.1) is 18.2 Å². The Morgan fingerprint density at radius 3 is 2.57 bits per heavy atom. The summed E-state index contributed by atoms with van der Waals surface area (Å²) in [6.07, 6.45) is 6.36. The van der Waals surface area contributed by atoms with Crippen LogP contribution in [0.2, 0.25) is 0 Å². The molecule has 0 bridgehead atoms. The second-order valence-corrected chi connectivity index (χ2v) is 9.81. The van der Waals surface area contributed by atoms with Crippen molar-refractivity contribution in [3.05, 3.63) is 24.4 Å². The molecule has 1 aromatic rings. The highest BCUT2D eigenvalue weighted by Gasteiger charge is 2.40. The number of hydrogen-bond acceptors (Lipinski definition) is 5. The summed E-state index contributed by atoms with van der Waals surface area (Å²) in [4.78, 5) is 4.18. The molecule has 1 aromatic heterocycles. The SMILES string of the molecule is CCOP(=O)(OCC)C(C[C@@H]1CCC[C@H]1C)Sc1ccccn1. The molecule has 0 amide bonds. The molecule has 3 atom stereocenters. The molecule has 1 aliphatic carbocycles. The molecule has 0 radical (unpaired) electrons. The van der Waals surface area contributed by atoms with E-state index in [1.807, 2.05) is 32.0 Å². The van der Waals surface area contributed by atoms with Crippen molar-refractivity contribution in [3.63, 3.8) is 0 Å². The van der Waals surface area contributed by atoms with E-state index in [1.54, 1.807) is 18.0 Å². The molecule has 1 fully saturated rings. The van der Waals surface area contributed by atoms with E-state index in [1.165, 1.54) is 19.3 Å². The standard InChI is InChI=1S/C17H28NO3PS/c1-4-20-22(19,21-5-2)17(13-15-10-8-9-14(15)3)23-16-11-6-7-12-18-16/h6-7,11-12,14-15,17H,4-5,8-10,13H2,1-3H3/t14-,15+,17?/m1/s1. The normalized spacial score (nSPS) is 23.1. The van der Waals surface area contributed by atoms with E-state index in [0.717, 1.165) is 11.4 Å². The van der Waals surface area contributed by atoms with Gasteiger partial charge in [0.1, 0.15) is 4.99 Å². The first kappa shape index (κ1) is 19.0. The Labute approximate surface area is 144 Å². The van der Waals surface area contributed by atoms with E-state index in [4.69, 9.17) is 9.05 Å². The van der Waals surface area contributed by atoms with Crippen LogP contribution in [0.25, 0.3) is 0 Å². The van der Waals surface area contributed by atoms with Gasteiger partial charge in [0.2, 0.25) is 0 Å². The van der Waals surface area contributed by atoms with Crippen molar-refractivity contribution < 1.29 is 13.6 Å². The molecule has 23 heavy (non-hydrogen) atoms. The fourth-order valence-electron chi connectivity index (χ4n) is 3.19. The van der Waals surface area contributed by atoms with Crippen LogP contribution in [0.4, 0.5) is 0 Å². The fourth-order valence-corrected chi connectivity index (χ4v) is 6.96. The summed E-state index contributed by atoms with van der Waals surface area (Å²) in [6.45, 7) is 6.83. The number of hydrogen-bond donors (Lipinski definition) is 0.